The number of aryl methyl sites for hydroxylation is 2. The molecule has 1 aliphatic rings. The highest BCUT2D eigenvalue weighted by Gasteiger charge is 2.31. The molecule has 4 rings (SSSR count). The van der Waals surface area contributed by atoms with Crippen LogP contribution >= 0.6 is 11.3 Å². The summed E-state index contributed by atoms with van der Waals surface area (Å²) in [5, 5.41) is 7.89. The second-order valence-electron chi connectivity index (χ2n) is 12.0. The maximum atomic E-state index is 13.8. The molecule has 3 aromatic rings. The van der Waals surface area contributed by atoms with E-state index in [4.69, 9.17) is 0 Å². The summed E-state index contributed by atoms with van der Waals surface area (Å²) < 4.78 is 29.8. The average Bonchev–Trinajstić information content (AvgIpc) is 3.45. The summed E-state index contributed by atoms with van der Waals surface area (Å²) in [6, 6.07) is 7.90. The molecule has 3 heterocycles. The van der Waals surface area contributed by atoms with Gasteiger partial charge in [-0.15, -0.1) is 11.3 Å². The Morgan fingerprint density at radius 2 is 1.71 bits per heavy atom. The van der Waals surface area contributed by atoms with E-state index < -0.39 is 15.9 Å². The molecule has 0 saturated carbocycles. The topological polar surface area (TPSA) is 105 Å². The van der Waals surface area contributed by atoms with Crippen LogP contribution in [-0.4, -0.2) is 65.4 Å². The maximum Gasteiger partial charge on any atom is 0.281 e. The van der Waals surface area contributed by atoms with Gasteiger partial charge in [0.2, 0.25) is 10.0 Å². The van der Waals surface area contributed by atoms with Crippen molar-refractivity contribution in [3.05, 3.63) is 63.3 Å². The van der Waals surface area contributed by atoms with E-state index in [1.54, 1.807) is 0 Å². The average molecular weight is 614 g/mol. The van der Waals surface area contributed by atoms with Crippen molar-refractivity contribution >= 4 is 38.2 Å². The van der Waals surface area contributed by atoms with Crippen LogP contribution in [0.25, 0.3) is 0 Å². The predicted molar refractivity (Wildman–Crippen MR) is 168 cm³/mol. The Kier molecular flexibility index (Phi) is 10.1. The van der Waals surface area contributed by atoms with Gasteiger partial charge < -0.3 is 5.32 Å². The maximum absolute atomic E-state index is 13.8. The van der Waals surface area contributed by atoms with Gasteiger partial charge in [0, 0.05) is 42.3 Å². The quantitative estimate of drug-likeness (QED) is 0.303. The number of nitrogens with one attached hydrogen (secondary N) is 1. The van der Waals surface area contributed by atoms with Gasteiger partial charge in [-0.1, -0.05) is 34.6 Å². The van der Waals surface area contributed by atoms with E-state index in [9.17, 15) is 18.0 Å². The van der Waals surface area contributed by atoms with Crippen molar-refractivity contribution < 1.29 is 18.0 Å². The van der Waals surface area contributed by atoms with Crippen LogP contribution < -0.4 is 5.32 Å². The molecule has 0 aliphatic carbocycles. The molecule has 11 heteroatoms. The Labute approximate surface area is 254 Å². The standard InChI is InChI=1S/C31H43N5O4S2/c1-8-14-34-15-13-26-27(19-34)41-30(28(26)31(38)36-23(7)16-22(6)33-36)32-29(37)24-9-11-25(12-10-24)42(39,40)35(17-20(2)3)18-21(4)5/h9-12,16,20-21H,8,13-15,17-19H2,1-7H3,(H,32,37). The highest BCUT2D eigenvalue weighted by atomic mass is 32.2. The molecule has 42 heavy (non-hydrogen) atoms. The van der Waals surface area contributed by atoms with Gasteiger partial charge >= 0.3 is 0 Å². The van der Waals surface area contributed by atoms with Crippen LogP contribution in [0.2, 0.25) is 0 Å². The minimum absolute atomic E-state index is 0.156. The second kappa shape index (κ2) is 13.2. The first kappa shape index (κ1) is 32.1. The van der Waals surface area contributed by atoms with Crippen molar-refractivity contribution in [3.63, 3.8) is 0 Å². The number of nitrogens with zero attached hydrogens (tertiary/aromatic N) is 4. The molecule has 0 bridgehead atoms. The van der Waals surface area contributed by atoms with E-state index in [0.717, 1.165) is 54.3 Å². The van der Waals surface area contributed by atoms with E-state index in [1.165, 1.54) is 44.6 Å². The molecule has 0 spiro atoms. The molecule has 0 atom stereocenters. The Hall–Kier alpha value is -2.86. The highest BCUT2D eigenvalue weighted by Crippen LogP contribution is 2.38. The Morgan fingerprint density at radius 3 is 2.26 bits per heavy atom. The van der Waals surface area contributed by atoms with Gasteiger partial charge in [-0.3, -0.25) is 14.5 Å². The van der Waals surface area contributed by atoms with E-state index in [-0.39, 0.29) is 22.6 Å². The Morgan fingerprint density at radius 1 is 1.07 bits per heavy atom. The van der Waals surface area contributed by atoms with Crippen LogP contribution in [0.1, 0.15) is 83.6 Å². The van der Waals surface area contributed by atoms with Gasteiger partial charge in [0.05, 0.1) is 16.2 Å². The number of fused-ring (bicyclic) bond motifs is 1. The SMILES string of the molecule is CCCN1CCc2c(sc(NC(=O)c3ccc(S(=O)(=O)N(CC(C)C)CC(C)C)cc3)c2C(=O)n2nc(C)cc2C)C1. The molecule has 1 aromatic carbocycles. The van der Waals surface area contributed by atoms with Crippen LogP contribution in [0, 0.1) is 25.7 Å². The number of benzene rings is 1. The molecule has 0 radical (unpaired) electrons. The largest absolute Gasteiger partial charge is 0.313 e. The fourth-order valence-electron chi connectivity index (χ4n) is 5.41. The van der Waals surface area contributed by atoms with Gasteiger partial charge in [0.1, 0.15) is 5.00 Å². The number of amides is 1. The lowest BCUT2D eigenvalue weighted by Gasteiger charge is -2.26. The molecule has 0 fully saturated rings. The van der Waals surface area contributed by atoms with Gasteiger partial charge in [-0.2, -0.15) is 9.40 Å². The summed E-state index contributed by atoms with van der Waals surface area (Å²) in [6.07, 6.45) is 1.76. The number of hydrogen-bond donors (Lipinski definition) is 1. The highest BCUT2D eigenvalue weighted by molar-refractivity contribution is 7.89. The summed E-state index contributed by atoms with van der Waals surface area (Å²) in [7, 11) is -3.71. The minimum atomic E-state index is -3.71. The van der Waals surface area contributed by atoms with Crippen molar-refractivity contribution in [3.8, 4) is 0 Å². The number of carbonyl (C=O) groups excluding carboxylic acids is 2. The van der Waals surface area contributed by atoms with Crippen molar-refractivity contribution in [2.75, 3.05) is 31.5 Å². The molecule has 0 saturated heterocycles. The van der Waals surface area contributed by atoms with Gasteiger partial charge in [-0.25, -0.2) is 13.1 Å². The zero-order valence-corrected chi connectivity index (χ0v) is 27.4. The monoisotopic (exact) mass is 613 g/mol. The second-order valence-corrected chi connectivity index (χ2v) is 15.0. The summed E-state index contributed by atoms with van der Waals surface area (Å²) >= 11 is 1.43. The number of hydrogen-bond acceptors (Lipinski definition) is 7. The summed E-state index contributed by atoms with van der Waals surface area (Å²) in [4.78, 5) is 30.9. The molecular formula is C31H43N5O4S2. The number of carbonyl (C=O) groups is 2. The molecule has 228 valence electrons. The Bertz CT molecular complexity index is 1530. The lowest BCUT2D eigenvalue weighted by atomic mass is 10.0. The fraction of sp³-hybridized carbons (Fsp3) is 0.516. The lowest BCUT2D eigenvalue weighted by Crippen LogP contribution is -2.37. The third-order valence-electron chi connectivity index (χ3n) is 7.21. The van der Waals surface area contributed by atoms with Gasteiger partial charge in [0.15, 0.2) is 0 Å². The summed E-state index contributed by atoms with van der Waals surface area (Å²) in [6.45, 7) is 17.2. The first-order valence-corrected chi connectivity index (χ1v) is 16.9. The van der Waals surface area contributed by atoms with Crippen LogP contribution in [0.3, 0.4) is 0 Å². The predicted octanol–water partition coefficient (Wildman–Crippen LogP) is 5.57. The fourth-order valence-corrected chi connectivity index (χ4v) is 8.45. The first-order chi connectivity index (χ1) is 19.8. The van der Waals surface area contributed by atoms with Gasteiger partial charge in [0.25, 0.3) is 11.8 Å². The van der Waals surface area contributed by atoms with E-state index in [0.29, 0.717) is 29.2 Å². The third kappa shape index (κ3) is 7.02. The number of aromatic nitrogens is 2. The molecule has 1 amide bonds. The molecule has 1 N–H and O–H groups in total. The Balaban J connectivity index is 1.63. The number of rotatable bonds is 11. The molecule has 9 nitrogen and oxygen atoms in total. The van der Waals surface area contributed by atoms with Crippen molar-refractivity contribution in [1.29, 1.82) is 0 Å². The molecule has 2 aromatic heterocycles. The first-order valence-electron chi connectivity index (χ1n) is 14.7. The van der Waals surface area contributed by atoms with E-state index in [2.05, 4.69) is 22.2 Å². The normalized spacial score (nSPS) is 14.1. The van der Waals surface area contributed by atoms with E-state index in [1.807, 2.05) is 47.6 Å². The number of thiophene rings is 1. The zero-order chi connectivity index (χ0) is 30.8. The van der Waals surface area contributed by atoms with Crippen LogP contribution in [0.4, 0.5) is 5.00 Å². The van der Waals surface area contributed by atoms with Crippen LogP contribution in [0.15, 0.2) is 35.2 Å². The van der Waals surface area contributed by atoms with Crippen LogP contribution in [0.5, 0.6) is 0 Å². The van der Waals surface area contributed by atoms with Crippen molar-refractivity contribution in [2.45, 2.75) is 72.7 Å². The van der Waals surface area contributed by atoms with Crippen molar-refractivity contribution in [1.82, 2.24) is 19.0 Å². The smallest absolute Gasteiger partial charge is 0.281 e. The lowest BCUT2D eigenvalue weighted by molar-refractivity contribution is 0.0942. The molecule has 0 unspecified atom stereocenters. The summed E-state index contributed by atoms with van der Waals surface area (Å²) in [5.74, 6) is -0.290. The van der Waals surface area contributed by atoms with E-state index >= 15 is 0 Å². The molecular weight excluding hydrogens is 571 g/mol. The van der Waals surface area contributed by atoms with Gasteiger partial charge in [-0.05, 0) is 81.0 Å². The summed E-state index contributed by atoms with van der Waals surface area (Å²) in [5.41, 5.74) is 3.26. The molecule has 1 aliphatic heterocycles. The minimum Gasteiger partial charge on any atom is -0.313 e. The van der Waals surface area contributed by atoms with Crippen LogP contribution in [-0.2, 0) is 23.0 Å². The number of sulfonamides is 1. The zero-order valence-electron chi connectivity index (χ0n) is 25.7. The number of anilines is 1. The van der Waals surface area contributed by atoms with Crippen molar-refractivity contribution in [2.24, 2.45) is 11.8 Å². The third-order valence-corrected chi connectivity index (χ3v) is 10.2.